The maximum absolute atomic E-state index is 12.4. The standard InChI is InChI=1S/C11H5F3N2O2/c12-11(13,14)10-4-8(18-16-10)6-1-2-7-9(3-6)17-5-15-7/h1-5H. The van der Waals surface area contributed by atoms with E-state index in [1.54, 1.807) is 18.2 Å². The summed E-state index contributed by atoms with van der Waals surface area (Å²) in [7, 11) is 0. The smallest absolute Gasteiger partial charge is 0.436 e. The molecule has 0 aliphatic carbocycles. The molecule has 0 unspecified atom stereocenters. The highest BCUT2D eigenvalue weighted by atomic mass is 19.4. The van der Waals surface area contributed by atoms with E-state index in [2.05, 4.69) is 14.7 Å². The number of oxazole rings is 1. The van der Waals surface area contributed by atoms with E-state index < -0.39 is 11.9 Å². The topological polar surface area (TPSA) is 52.1 Å². The minimum Gasteiger partial charge on any atom is -0.443 e. The summed E-state index contributed by atoms with van der Waals surface area (Å²) in [5.74, 6) is 0.0284. The van der Waals surface area contributed by atoms with E-state index in [9.17, 15) is 13.2 Å². The number of nitrogens with zero attached hydrogens (tertiary/aromatic N) is 2. The maximum Gasteiger partial charge on any atom is 0.436 e. The van der Waals surface area contributed by atoms with Gasteiger partial charge in [-0.05, 0) is 18.2 Å². The van der Waals surface area contributed by atoms with Gasteiger partial charge >= 0.3 is 6.18 Å². The van der Waals surface area contributed by atoms with Gasteiger partial charge in [-0.3, -0.25) is 0 Å². The molecule has 0 saturated heterocycles. The van der Waals surface area contributed by atoms with Gasteiger partial charge in [0.25, 0.3) is 0 Å². The first-order chi connectivity index (χ1) is 8.54. The summed E-state index contributed by atoms with van der Waals surface area (Å²) in [5, 5.41) is 2.99. The van der Waals surface area contributed by atoms with Crippen molar-refractivity contribution in [3.05, 3.63) is 36.4 Å². The van der Waals surface area contributed by atoms with E-state index in [-0.39, 0.29) is 5.76 Å². The highest BCUT2D eigenvalue weighted by Gasteiger charge is 2.35. The van der Waals surface area contributed by atoms with Crippen molar-refractivity contribution in [3.63, 3.8) is 0 Å². The molecule has 0 atom stereocenters. The third-order valence-electron chi connectivity index (χ3n) is 2.42. The number of alkyl halides is 3. The van der Waals surface area contributed by atoms with Crippen molar-refractivity contribution in [2.24, 2.45) is 0 Å². The average molecular weight is 254 g/mol. The van der Waals surface area contributed by atoms with Crippen molar-refractivity contribution in [1.29, 1.82) is 0 Å². The number of benzene rings is 1. The normalized spacial score (nSPS) is 12.2. The summed E-state index contributed by atoms with van der Waals surface area (Å²) in [6, 6.07) is 5.61. The Morgan fingerprint density at radius 3 is 2.67 bits per heavy atom. The van der Waals surface area contributed by atoms with Crippen LogP contribution in [0.3, 0.4) is 0 Å². The molecule has 2 aromatic heterocycles. The molecular formula is C11H5F3N2O2. The summed E-state index contributed by atoms with van der Waals surface area (Å²) in [5.41, 5.74) is 0.476. The lowest BCUT2D eigenvalue weighted by Gasteiger charge is -1.97. The molecule has 0 N–H and O–H groups in total. The molecule has 1 aromatic carbocycles. The second-order valence-electron chi connectivity index (χ2n) is 3.61. The predicted molar refractivity (Wildman–Crippen MR) is 54.5 cm³/mol. The number of hydrogen-bond donors (Lipinski definition) is 0. The van der Waals surface area contributed by atoms with Crippen LogP contribution in [0.2, 0.25) is 0 Å². The Balaban J connectivity index is 2.06. The first kappa shape index (κ1) is 10.8. The largest absolute Gasteiger partial charge is 0.443 e. The van der Waals surface area contributed by atoms with Crippen LogP contribution >= 0.6 is 0 Å². The minimum atomic E-state index is -4.52. The molecule has 92 valence electrons. The van der Waals surface area contributed by atoms with Crippen LogP contribution in [0, 0.1) is 0 Å². The van der Waals surface area contributed by atoms with E-state index in [1.165, 1.54) is 6.39 Å². The molecule has 3 rings (SSSR count). The van der Waals surface area contributed by atoms with E-state index in [1.807, 2.05) is 0 Å². The van der Waals surface area contributed by atoms with Crippen molar-refractivity contribution >= 4 is 11.1 Å². The quantitative estimate of drug-likeness (QED) is 0.666. The van der Waals surface area contributed by atoms with Gasteiger partial charge in [0.15, 0.2) is 23.4 Å². The molecule has 18 heavy (non-hydrogen) atoms. The van der Waals surface area contributed by atoms with Crippen molar-refractivity contribution < 1.29 is 22.1 Å². The number of fused-ring (bicyclic) bond motifs is 1. The molecule has 0 aliphatic rings. The lowest BCUT2D eigenvalue weighted by atomic mass is 10.1. The fourth-order valence-electron chi connectivity index (χ4n) is 1.55. The fraction of sp³-hybridized carbons (Fsp3) is 0.0909. The molecule has 0 radical (unpaired) electrons. The van der Waals surface area contributed by atoms with E-state index >= 15 is 0 Å². The highest BCUT2D eigenvalue weighted by molar-refractivity contribution is 5.78. The van der Waals surface area contributed by atoms with Gasteiger partial charge in [-0.25, -0.2) is 4.98 Å². The third-order valence-corrected chi connectivity index (χ3v) is 2.42. The molecule has 0 bridgehead atoms. The van der Waals surface area contributed by atoms with Crippen molar-refractivity contribution in [3.8, 4) is 11.3 Å². The van der Waals surface area contributed by atoms with Crippen LogP contribution in [-0.2, 0) is 6.18 Å². The summed E-state index contributed by atoms with van der Waals surface area (Å²) < 4.78 is 46.8. The molecule has 0 amide bonds. The SMILES string of the molecule is FC(F)(F)c1cc(-c2ccc3ncoc3c2)on1. The Morgan fingerprint density at radius 1 is 1.11 bits per heavy atom. The summed E-state index contributed by atoms with van der Waals surface area (Å²) in [6.07, 6.45) is -3.26. The molecule has 7 heteroatoms. The Kier molecular flexibility index (Phi) is 2.16. The van der Waals surface area contributed by atoms with Gasteiger partial charge in [0.2, 0.25) is 0 Å². The number of aromatic nitrogens is 2. The Hall–Kier alpha value is -2.31. The van der Waals surface area contributed by atoms with Crippen LogP contribution in [0.15, 0.2) is 39.6 Å². The van der Waals surface area contributed by atoms with Gasteiger partial charge < -0.3 is 8.94 Å². The monoisotopic (exact) mass is 254 g/mol. The molecular weight excluding hydrogens is 249 g/mol. The second kappa shape index (κ2) is 3.59. The van der Waals surface area contributed by atoms with Crippen LogP contribution in [-0.4, -0.2) is 10.1 Å². The molecule has 0 saturated carbocycles. The number of rotatable bonds is 1. The Morgan fingerprint density at radius 2 is 1.94 bits per heavy atom. The van der Waals surface area contributed by atoms with Crippen LogP contribution in [0.5, 0.6) is 0 Å². The molecule has 2 heterocycles. The maximum atomic E-state index is 12.4. The van der Waals surface area contributed by atoms with Crippen molar-refractivity contribution in [2.75, 3.05) is 0 Å². The van der Waals surface area contributed by atoms with Crippen LogP contribution in [0.1, 0.15) is 5.69 Å². The van der Waals surface area contributed by atoms with Crippen LogP contribution in [0.25, 0.3) is 22.4 Å². The van der Waals surface area contributed by atoms with E-state index in [4.69, 9.17) is 4.42 Å². The summed E-state index contributed by atoms with van der Waals surface area (Å²) in [4.78, 5) is 3.91. The van der Waals surface area contributed by atoms with Gasteiger partial charge in [0.05, 0.1) is 0 Å². The van der Waals surface area contributed by atoms with E-state index in [0.29, 0.717) is 16.7 Å². The predicted octanol–water partition coefficient (Wildman–Crippen LogP) is 3.50. The Labute approximate surface area is 98.0 Å². The Bertz CT molecular complexity index is 699. The van der Waals surface area contributed by atoms with E-state index in [0.717, 1.165) is 6.07 Å². The first-order valence-electron chi connectivity index (χ1n) is 4.91. The molecule has 4 nitrogen and oxygen atoms in total. The fourth-order valence-corrected chi connectivity index (χ4v) is 1.55. The van der Waals surface area contributed by atoms with Gasteiger partial charge in [0, 0.05) is 11.6 Å². The summed E-state index contributed by atoms with van der Waals surface area (Å²) in [6.45, 7) is 0. The lowest BCUT2D eigenvalue weighted by Crippen LogP contribution is -2.04. The van der Waals surface area contributed by atoms with Gasteiger partial charge in [-0.2, -0.15) is 13.2 Å². The van der Waals surface area contributed by atoms with Crippen molar-refractivity contribution in [2.45, 2.75) is 6.18 Å². The average Bonchev–Trinajstić information content (AvgIpc) is 2.96. The van der Waals surface area contributed by atoms with Gasteiger partial charge in [0.1, 0.15) is 5.52 Å². The molecule has 0 aliphatic heterocycles. The highest BCUT2D eigenvalue weighted by Crippen LogP contribution is 2.32. The van der Waals surface area contributed by atoms with Crippen LogP contribution < -0.4 is 0 Å². The number of halogens is 3. The number of hydrogen-bond acceptors (Lipinski definition) is 4. The molecule has 0 spiro atoms. The zero-order valence-corrected chi connectivity index (χ0v) is 8.73. The van der Waals surface area contributed by atoms with Crippen molar-refractivity contribution in [1.82, 2.24) is 10.1 Å². The lowest BCUT2D eigenvalue weighted by molar-refractivity contribution is -0.142. The van der Waals surface area contributed by atoms with Gasteiger partial charge in [-0.15, -0.1) is 0 Å². The minimum absolute atomic E-state index is 0.0284. The molecule has 0 fully saturated rings. The third kappa shape index (κ3) is 1.73. The molecule has 3 aromatic rings. The van der Waals surface area contributed by atoms with Gasteiger partial charge in [-0.1, -0.05) is 5.16 Å². The zero-order chi connectivity index (χ0) is 12.8. The summed E-state index contributed by atoms with van der Waals surface area (Å²) >= 11 is 0. The second-order valence-corrected chi connectivity index (χ2v) is 3.61. The first-order valence-corrected chi connectivity index (χ1v) is 4.91. The zero-order valence-electron chi connectivity index (χ0n) is 8.73. The van der Waals surface area contributed by atoms with Crippen LogP contribution in [0.4, 0.5) is 13.2 Å².